The van der Waals surface area contributed by atoms with E-state index < -0.39 is 0 Å². The van der Waals surface area contributed by atoms with E-state index in [0.717, 1.165) is 27.9 Å². The highest BCUT2D eigenvalue weighted by Crippen LogP contribution is 2.17. The first-order valence-corrected chi connectivity index (χ1v) is 9.53. The van der Waals surface area contributed by atoms with Crippen molar-refractivity contribution in [2.75, 3.05) is 32.6 Å². The highest BCUT2D eigenvalue weighted by atomic mass is 127. The molecule has 152 valence electrons. The zero-order valence-electron chi connectivity index (χ0n) is 16.0. The Hall–Kier alpha value is -1.81. The molecule has 8 heteroatoms. The summed E-state index contributed by atoms with van der Waals surface area (Å²) in [6, 6.07) is 15.4. The number of para-hydroxylation sites is 1. The SMILES string of the molecule is CN=C(NCCC(=O)Nc1ccc(Br)cc1)NCCc1ccccc1OC.I. The Kier molecular flexibility index (Phi) is 11.6. The van der Waals surface area contributed by atoms with Gasteiger partial charge in [-0.2, -0.15) is 0 Å². The van der Waals surface area contributed by atoms with E-state index >= 15 is 0 Å². The van der Waals surface area contributed by atoms with E-state index in [1.807, 2.05) is 48.5 Å². The third-order valence-electron chi connectivity index (χ3n) is 3.88. The van der Waals surface area contributed by atoms with Crippen molar-refractivity contribution >= 4 is 57.5 Å². The van der Waals surface area contributed by atoms with Crippen molar-refractivity contribution in [2.45, 2.75) is 12.8 Å². The van der Waals surface area contributed by atoms with Gasteiger partial charge < -0.3 is 20.7 Å². The molecule has 0 aliphatic heterocycles. The number of benzene rings is 2. The van der Waals surface area contributed by atoms with Gasteiger partial charge in [0, 0.05) is 36.7 Å². The summed E-state index contributed by atoms with van der Waals surface area (Å²) in [4.78, 5) is 16.2. The molecule has 2 aromatic rings. The minimum atomic E-state index is -0.0469. The van der Waals surface area contributed by atoms with Crippen molar-refractivity contribution in [1.29, 1.82) is 0 Å². The van der Waals surface area contributed by atoms with Crippen LogP contribution in [-0.4, -0.2) is 39.1 Å². The highest BCUT2D eigenvalue weighted by Gasteiger charge is 2.05. The Labute approximate surface area is 191 Å². The number of guanidine groups is 1. The van der Waals surface area contributed by atoms with Crippen molar-refractivity contribution in [3.63, 3.8) is 0 Å². The smallest absolute Gasteiger partial charge is 0.226 e. The minimum absolute atomic E-state index is 0. The second-order valence-corrected chi connectivity index (χ2v) is 6.71. The molecule has 0 heterocycles. The molecule has 28 heavy (non-hydrogen) atoms. The lowest BCUT2D eigenvalue weighted by Crippen LogP contribution is -2.39. The van der Waals surface area contributed by atoms with Crippen LogP contribution in [0.1, 0.15) is 12.0 Å². The third-order valence-corrected chi connectivity index (χ3v) is 4.40. The molecule has 3 N–H and O–H groups in total. The number of carbonyl (C=O) groups excluding carboxylic acids is 1. The summed E-state index contributed by atoms with van der Waals surface area (Å²) < 4.78 is 6.33. The zero-order chi connectivity index (χ0) is 19.5. The summed E-state index contributed by atoms with van der Waals surface area (Å²) >= 11 is 3.37. The van der Waals surface area contributed by atoms with E-state index in [1.54, 1.807) is 14.2 Å². The summed E-state index contributed by atoms with van der Waals surface area (Å²) in [6.45, 7) is 1.21. The first-order chi connectivity index (χ1) is 13.1. The fourth-order valence-corrected chi connectivity index (χ4v) is 2.76. The Morgan fingerprint density at radius 2 is 1.75 bits per heavy atom. The van der Waals surface area contributed by atoms with Crippen molar-refractivity contribution in [1.82, 2.24) is 10.6 Å². The number of amides is 1. The number of hydrogen-bond donors (Lipinski definition) is 3. The summed E-state index contributed by atoms with van der Waals surface area (Å²) in [5, 5.41) is 9.26. The first kappa shape index (κ1) is 24.2. The number of nitrogens with one attached hydrogen (secondary N) is 3. The summed E-state index contributed by atoms with van der Waals surface area (Å²) in [5.74, 6) is 1.50. The lowest BCUT2D eigenvalue weighted by molar-refractivity contribution is -0.116. The predicted molar refractivity (Wildman–Crippen MR) is 129 cm³/mol. The average molecular weight is 561 g/mol. The molecular formula is C20H26BrIN4O2. The van der Waals surface area contributed by atoms with Crippen molar-refractivity contribution in [3.8, 4) is 5.75 Å². The molecule has 0 saturated carbocycles. The fourth-order valence-electron chi connectivity index (χ4n) is 2.50. The molecule has 6 nitrogen and oxygen atoms in total. The van der Waals surface area contributed by atoms with Crippen LogP contribution in [0.3, 0.4) is 0 Å². The number of ether oxygens (including phenoxy) is 1. The van der Waals surface area contributed by atoms with Gasteiger partial charge in [0.15, 0.2) is 5.96 Å². The van der Waals surface area contributed by atoms with Crippen LogP contribution >= 0.6 is 39.9 Å². The van der Waals surface area contributed by atoms with Crippen LogP contribution in [0.5, 0.6) is 5.75 Å². The molecule has 0 spiro atoms. The summed E-state index contributed by atoms with van der Waals surface area (Å²) in [7, 11) is 3.38. The van der Waals surface area contributed by atoms with Crippen molar-refractivity contribution < 1.29 is 9.53 Å². The number of aliphatic imine (C=N–C) groups is 1. The van der Waals surface area contributed by atoms with E-state index in [-0.39, 0.29) is 29.9 Å². The Balaban J connectivity index is 0.00000392. The largest absolute Gasteiger partial charge is 0.496 e. The molecule has 0 aliphatic rings. The lowest BCUT2D eigenvalue weighted by atomic mass is 10.1. The minimum Gasteiger partial charge on any atom is -0.496 e. The number of nitrogens with zero attached hydrogens (tertiary/aromatic N) is 1. The number of methoxy groups -OCH3 is 1. The van der Waals surface area contributed by atoms with Gasteiger partial charge in [-0.25, -0.2) is 0 Å². The van der Waals surface area contributed by atoms with E-state index in [0.29, 0.717) is 25.5 Å². The molecule has 0 aliphatic carbocycles. The van der Waals surface area contributed by atoms with Crippen LogP contribution in [0.4, 0.5) is 5.69 Å². The molecule has 0 atom stereocenters. The van der Waals surface area contributed by atoms with E-state index in [1.165, 1.54) is 0 Å². The van der Waals surface area contributed by atoms with Crippen molar-refractivity contribution in [3.05, 3.63) is 58.6 Å². The van der Waals surface area contributed by atoms with Crippen molar-refractivity contribution in [2.24, 2.45) is 4.99 Å². The van der Waals surface area contributed by atoms with Gasteiger partial charge >= 0.3 is 0 Å². The predicted octanol–water partition coefficient (Wildman–Crippen LogP) is 3.81. The number of anilines is 1. The lowest BCUT2D eigenvalue weighted by Gasteiger charge is -2.13. The molecule has 1 amide bonds. The molecule has 0 radical (unpaired) electrons. The van der Waals surface area contributed by atoms with Gasteiger partial charge in [0.05, 0.1) is 7.11 Å². The molecule has 2 aromatic carbocycles. The van der Waals surface area contributed by atoms with Crippen LogP contribution in [0, 0.1) is 0 Å². The number of rotatable bonds is 8. The van der Waals surface area contributed by atoms with Crippen LogP contribution in [0.25, 0.3) is 0 Å². The van der Waals surface area contributed by atoms with Crippen LogP contribution in [0.2, 0.25) is 0 Å². The number of hydrogen-bond acceptors (Lipinski definition) is 3. The van der Waals surface area contributed by atoms with Crippen LogP contribution in [-0.2, 0) is 11.2 Å². The van der Waals surface area contributed by atoms with Gasteiger partial charge in [0.25, 0.3) is 0 Å². The monoisotopic (exact) mass is 560 g/mol. The summed E-state index contributed by atoms with van der Waals surface area (Å²) in [5.41, 5.74) is 1.92. The van der Waals surface area contributed by atoms with Gasteiger partial charge in [-0.1, -0.05) is 34.1 Å². The van der Waals surface area contributed by atoms with Gasteiger partial charge in [-0.05, 0) is 42.3 Å². The molecule has 2 rings (SSSR count). The van der Waals surface area contributed by atoms with Crippen LogP contribution in [0.15, 0.2) is 58.0 Å². The molecule has 0 fully saturated rings. The normalized spacial score (nSPS) is 10.6. The molecule has 0 bridgehead atoms. The maximum Gasteiger partial charge on any atom is 0.226 e. The molecule has 0 aromatic heterocycles. The van der Waals surface area contributed by atoms with E-state index in [2.05, 4.69) is 36.9 Å². The van der Waals surface area contributed by atoms with Gasteiger partial charge in [-0.15, -0.1) is 24.0 Å². The maximum absolute atomic E-state index is 12.0. The highest BCUT2D eigenvalue weighted by molar-refractivity contribution is 14.0. The maximum atomic E-state index is 12.0. The van der Waals surface area contributed by atoms with Gasteiger partial charge in [0.1, 0.15) is 5.75 Å². The topological polar surface area (TPSA) is 74.8 Å². The first-order valence-electron chi connectivity index (χ1n) is 8.74. The Morgan fingerprint density at radius 1 is 1.07 bits per heavy atom. The average Bonchev–Trinajstić information content (AvgIpc) is 2.69. The quantitative estimate of drug-likeness (QED) is 0.261. The molecular weight excluding hydrogens is 535 g/mol. The van der Waals surface area contributed by atoms with Gasteiger partial charge in [-0.3, -0.25) is 9.79 Å². The van der Waals surface area contributed by atoms with E-state index in [4.69, 9.17) is 4.74 Å². The zero-order valence-corrected chi connectivity index (χ0v) is 19.9. The van der Waals surface area contributed by atoms with Gasteiger partial charge in [0.2, 0.25) is 5.91 Å². The van der Waals surface area contributed by atoms with E-state index in [9.17, 15) is 4.79 Å². The summed E-state index contributed by atoms with van der Waals surface area (Å²) in [6.07, 6.45) is 1.16. The molecule has 0 unspecified atom stereocenters. The Morgan fingerprint density at radius 3 is 2.43 bits per heavy atom. The Bertz CT molecular complexity index is 769. The second-order valence-electron chi connectivity index (χ2n) is 5.79. The standard InChI is InChI=1S/C20H25BrN4O2.HI/c1-22-20(23-13-11-15-5-3-4-6-18(15)27-2)24-14-12-19(26)25-17-9-7-16(21)8-10-17;/h3-10H,11-14H2,1-2H3,(H,25,26)(H2,22,23,24);1H. The second kappa shape index (κ2) is 13.4. The van der Waals surface area contributed by atoms with Crippen LogP contribution < -0.4 is 20.7 Å². The fraction of sp³-hybridized carbons (Fsp3) is 0.300. The molecule has 0 saturated heterocycles. The number of carbonyl (C=O) groups is 1. The third kappa shape index (κ3) is 8.47. The number of halogens is 2.